The number of rotatable bonds is 9. The molecular formula is C23H31N7O2. The Hall–Kier alpha value is -3.20. The molecule has 9 nitrogen and oxygen atoms in total. The second-order valence-electron chi connectivity index (χ2n) is 8.51. The minimum absolute atomic E-state index is 0.0875. The van der Waals surface area contributed by atoms with E-state index in [-0.39, 0.29) is 17.7 Å². The van der Waals surface area contributed by atoms with Crippen molar-refractivity contribution in [2.24, 2.45) is 18.9 Å². The maximum absolute atomic E-state index is 13.0. The lowest BCUT2D eigenvalue weighted by atomic mass is 9.89. The molecule has 0 aliphatic carbocycles. The van der Waals surface area contributed by atoms with Crippen LogP contribution in [0.25, 0.3) is 0 Å². The SMILES string of the molecule is Cc1ccc(OC[C@H]2C[C@@H](C(=O)NCCc3cnc[nH]3)CN(Cc3nccn3C)C2)cn1. The monoisotopic (exact) mass is 437 g/mol. The number of nitrogens with zero attached hydrogens (tertiary/aromatic N) is 5. The van der Waals surface area contributed by atoms with E-state index >= 15 is 0 Å². The van der Waals surface area contributed by atoms with Crippen LogP contribution < -0.4 is 10.1 Å². The molecule has 4 rings (SSSR count). The summed E-state index contributed by atoms with van der Waals surface area (Å²) in [6, 6.07) is 3.88. The van der Waals surface area contributed by atoms with E-state index in [1.165, 1.54) is 0 Å². The summed E-state index contributed by atoms with van der Waals surface area (Å²) in [4.78, 5) is 31.1. The number of hydrogen-bond acceptors (Lipinski definition) is 6. The number of pyridine rings is 1. The van der Waals surface area contributed by atoms with E-state index in [0.29, 0.717) is 26.2 Å². The molecule has 1 amide bonds. The Labute approximate surface area is 188 Å². The molecule has 1 saturated heterocycles. The lowest BCUT2D eigenvalue weighted by Gasteiger charge is -2.36. The number of amides is 1. The molecule has 0 saturated carbocycles. The van der Waals surface area contributed by atoms with Crippen LogP contribution in [-0.4, -0.2) is 61.6 Å². The van der Waals surface area contributed by atoms with Gasteiger partial charge in [-0.2, -0.15) is 0 Å². The fourth-order valence-corrected chi connectivity index (χ4v) is 4.13. The lowest BCUT2D eigenvalue weighted by Crippen LogP contribution is -2.47. The third-order valence-corrected chi connectivity index (χ3v) is 5.89. The molecule has 0 radical (unpaired) electrons. The number of likely N-dealkylation sites (tertiary alicyclic amines) is 1. The summed E-state index contributed by atoms with van der Waals surface area (Å²) < 4.78 is 8.04. The number of aryl methyl sites for hydroxylation is 2. The maximum Gasteiger partial charge on any atom is 0.224 e. The van der Waals surface area contributed by atoms with Gasteiger partial charge in [0, 0.05) is 69.0 Å². The van der Waals surface area contributed by atoms with E-state index in [2.05, 4.69) is 30.2 Å². The van der Waals surface area contributed by atoms with E-state index in [4.69, 9.17) is 4.74 Å². The van der Waals surface area contributed by atoms with Gasteiger partial charge in [-0.05, 0) is 25.5 Å². The number of carbonyl (C=O) groups is 1. The van der Waals surface area contributed by atoms with Crippen molar-refractivity contribution in [1.82, 2.24) is 34.7 Å². The summed E-state index contributed by atoms with van der Waals surface area (Å²) in [6.07, 6.45) is 10.5. The van der Waals surface area contributed by atoms with Crippen LogP contribution in [0.3, 0.4) is 0 Å². The van der Waals surface area contributed by atoms with Gasteiger partial charge in [0.25, 0.3) is 0 Å². The second kappa shape index (κ2) is 10.4. The highest BCUT2D eigenvalue weighted by Crippen LogP contribution is 2.25. The Morgan fingerprint density at radius 2 is 2.19 bits per heavy atom. The van der Waals surface area contributed by atoms with Crippen molar-refractivity contribution in [2.45, 2.75) is 26.3 Å². The van der Waals surface area contributed by atoms with Crippen molar-refractivity contribution < 1.29 is 9.53 Å². The fraction of sp³-hybridized carbons (Fsp3) is 0.478. The molecule has 2 N–H and O–H groups in total. The van der Waals surface area contributed by atoms with Crippen LogP contribution in [0.4, 0.5) is 0 Å². The summed E-state index contributed by atoms with van der Waals surface area (Å²) in [5, 5.41) is 3.10. The first-order chi connectivity index (χ1) is 15.6. The standard InChI is InChI=1S/C23H31N7O2/c1-17-3-4-21(11-27-17)32-15-18-9-19(23(31)26-6-5-20-10-24-16-28-20)13-30(12-18)14-22-25-7-8-29(22)2/h3-4,7-8,10-11,16,18-19H,5-6,9,12-15H2,1-2H3,(H,24,28)(H,26,31)/t18-,19+/m0/s1. The second-order valence-corrected chi connectivity index (χ2v) is 8.51. The van der Waals surface area contributed by atoms with Gasteiger partial charge in [0.1, 0.15) is 11.6 Å². The number of hydrogen-bond donors (Lipinski definition) is 2. The Balaban J connectivity index is 1.36. The third-order valence-electron chi connectivity index (χ3n) is 5.89. The van der Waals surface area contributed by atoms with Crippen molar-refractivity contribution in [3.63, 3.8) is 0 Å². The average molecular weight is 438 g/mol. The maximum atomic E-state index is 13.0. The first-order valence-corrected chi connectivity index (χ1v) is 11.1. The summed E-state index contributed by atoms with van der Waals surface area (Å²) in [5.41, 5.74) is 1.98. The molecule has 3 aromatic heterocycles. The van der Waals surface area contributed by atoms with Crippen LogP contribution in [0.5, 0.6) is 5.75 Å². The number of aromatic nitrogens is 5. The smallest absolute Gasteiger partial charge is 0.224 e. The summed E-state index contributed by atoms with van der Waals surface area (Å²) in [5.74, 6) is 2.00. The van der Waals surface area contributed by atoms with Gasteiger partial charge in [0.15, 0.2) is 0 Å². The van der Waals surface area contributed by atoms with Crippen molar-refractivity contribution >= 4 is 5.91 Å². The van der Waals surface area contributed by atoms with E-state index < -0.39 is 0 Å². The topological polar surface area (TPSA) is 101 Å². The molecule has 1 aliphatic heterocycles. The molecular weight excluding hydrogens is 406 g/mol. The largest absolute Gasteiger partial charge is 0.492 e. The molecule has 0 unspecified atom stereocenters. The minimum atomic E-state index is -0.0875. The van der Waals surface area contributed by atoms with Crippen molar-refractivity contribution in [1.29, 1.82) is 0 Å². The normalized spacial score (nSPS) is 19.1. The number of piperidine rings is 1. The van der Waals surface area contributed by atoms with Crippen molar-refractivity contribution in [3.05, 3.63) is 60.5 Å². The molecule has 1 aliphatic rings. The van der Waals surface area contributed by atoms with Gasteiger partial charge in [0.2, 0.25) is 5.91 Å². The van der Waals surface area contributed by atoms with E-state index in [1.54, 1.807) is 18.7 Å². The Bertz CT molecular complexity index is 984. The molecule has 9 heteroatoms. The quantitative estimate of drug-likeness (QED) is 0.529. The van der Waals surface area contributed by atoms with Gasteiger partial charge < -0.3 is 19.6 Å². The van der Waals surface area contributed by atoms with Crippen LogP contribution in [0.1, 0.15) is 23.6 Å². The molecule has 0 bridgehead atoms. The highest BCUT2D eigenvalue weighted by molar-refractivity contribution is 5.79. The van der Waals surface area contributed by atoms with Gasteiger partial charge in [-0.1, -0.05) is 0 Å². The Morgan fingerprint density at radius 3 is 2.91 bits per heavy atom. The molecule has 4 heterocycles. The summed E-state index contributed by atoms with van der Waals surface area (Å²) in [7, 11) is 2.00. The predicted molar refractivity (Wildman–Crippen MR) is 120 cm³/mol. The molecule has 0 aromatic carbocycles. The van der Waals surface area contributed by atoms with Crippen molar-refractivity contribution in [3.8, 4) is 5.75 Å². The van der Waals surface area contributed by atoms with Gasteiger partial charge in [-0.25, -0.2) is 9.97 Å². The predicted octanol–water partition coefficient (Wildman–Crippen LogP) is 1.72. The van der Waals surface area contributed by atoms with E-state index in [0.717, 1.165) is 42.3 Å². The van der Waals surface area contributed by atoms with Gasteiger partial charge in [-0.3, -0.25) is 14.7 Å². The number of nitrogens with one attached hydrogen (secondary N) is 2. The minimum Gasteiger partial charge on any atom is -0.492 e. The van der Waals surface area contributed by atoms with Crippen LogP contribution >= 0.6 is 0 Å². The van der Waals surface area contributed by atoms with Crippen LogP contribution in [0.2, 0.25) is 0 Å². The molecule has 170 valence electrons. The van der Waals surface area contributed by atoms with Crippen LogP contribution in [0.15, 0.2) is 43.2 Å². The first-order valence-electron chi connectivity index (χ1n) is 11.1. The zero-order valence-electron chi connectivity index (χ0n) is 18.7. The van der Waals surface area contributed by atoms with Crippen LogP contribution in [-0.2, 0) is 24.8 Å². The number of imidazole rings is 2. The summed E-state index contributed by atoms with van der Waals surface area (Å²) >= 11 is 0. The van der Waals surface area contributed by atoms with E-state index in [1.807, 2.05) is 43.1 Å². The first kappa shape index (κ1) is 22.0. The van der Waals surface area contributed by atoms with Gasteiger partial charge in [-0.15, -0.1) is 0 Å². The number of aromatic amines is 1. The highest BCUT2D eigenvalue weighted by Gasteiger charge is 2.32. The average Bonchev–Trinajstić information content (AvgIpc) is 3.45. The fourth-order valence-electron chi connectivity index (χ4n) is 4.13. The summed E-state index contributed by atoms with van der Waals surface area (Å²) in [6.45, 7) is 5.39. The van der Waals surface area contributed by atoms with Crippen molar-refractivity contribution in [2.75, 3.05) is 26.2 Å². The number of ether oxygens (including phenoxy) is 1. The third kappa shape index (κ3) is 5.94. The van der Waals surface area contributed by atoms with Gasteiger partial charge >= 0.3 is 0 Å². The highest BCUT2D eigenvalue weighted by atomic mass is 16.5. The number of carbonyl (C=O) groups excluding carboxylic acids is 1. The van der Waals surface area contributed by atoms with Gasteiger partial charge in [0.05, 0.1) is 31.6 Å². The molecule has 0 spiro atoms. The molecule has 3 aromatic rings. The molecule has 32 heavy (non-hydrogen) atoms. The molecule has 2 atom stereocenters. The zero-order valence-corrected chi connectivity index (χ0v) is 18.7. The molecule has 1 fully saturated rings. The number of H-pyrrole nitrogens is 1. The van der Waals surface area contributed by atoms with E-state index in [9.17, 15) is 4.79 Å². The Morgan fingerprint density at radius 1 is 1.28 bits per heavy atom. The lowest BCUT2D eigenvalue weighted by molar-refractivity contribution is -0.127. The zero-order chi connectivity index (χ0) is 22.3. The van der Waals surface area contributed by atoms with Crippen LogP contribution in [0, 0.1) is 18.8 Å². The Kier molecular flexibility index (Phi) is 7.16.